The van der Waals surface area contributed by atoms with Crippen molar-refractivity contribution < 1.29 is 23.4 Å². The second-order valence-electron chi connectivity index (χ2n) is 9.30. The average molecular weight is 491 g/mol. The Morgan fingerprint density at radius 2 is 1.81 bits per heavy atom. The number of pyridine rings is 1. The lowest BCUT2D eigenvalue weighted by molar-refractivity contribution is 0.0255. The Morgan fingerprint density at radius 1 is 1.03 bits per heavy atom. The molecule has 1 aromatic heterocycles. The number of carbonyl (C=O) groups excluding carboxylic acids is 1. The third kappa shape index (κ3) is 3.22. The summed E-state index contributed by atoms with van der Waals surface area (Å²) in [6.07, 6.45) is 7.26. The second-order valence-corrected chi connectivity index (χ2v) is 9.30. The fourth-order valence-electron chi connectivity index (χ4n) is 5.41. The van der Waals surface area contributed by atoms with E-state index in [0.29, 0.717) is 18.4 Å². The summed E-state index contributed by atoms with van der Waals surface area (Å²) in [5.41, 5.74) is -0.423. The van der Waals surface area contributed by atoms with E-state index in [-0.39, 0.29) is 24.7 Å². The van der Waals surface area contributed by atoms with Crippen molar-refractivity contribution in [3.05, 3.63) is 106 Å². The lowest BCUT2D eigenvalue weighted by Gasteiger charge is -2.53. The molecule has 2 aromatic carbocycles. The van der Waals surface area contributed by atoms with Crippen molar-refractivity contribution in [1.29, 1.82) is 0 Å². The Kier molecular flexibility index (Phi) is 5.10. The summed E-state index contributed by atoms with van der Waals surface area (Å²) in [4.78, 5) is 27.8. The monoisotopic (exact) mass is 491 g/mol. The highest BCUT2D eigenvalue weighted by molar-refractivity contribution is 5.97. The number of aromatic nitrogens is 1. The number of nitrogens with zero attached hydrogens (tertiary/aromatic N) is 3. The van der Waals surface area contributed by atoms with E-state index in [1.807, 2.05) is 36.4 Å². The first-order valence-electron chi connectivity index (χ1n) is 11.8. The number of amides is 1. The summed E-state index contributed by atoms with van der Waals surface area (Å²) < 4.78 is 36.7. The van der Waals surface area contributed by atoms with Gasteiger partial charge in [-0.3, -0.25) is 19.3 Å². The first kappa shape index (κ1) is 22.3. The molecule has 2 aliphatic heterocycles. The number of carbonyl (C=O) groups is 1. The van der Waals surface area contributed by atoms with Crippen molar-refractivity contribution >= 4 is 5.91 Å². The summed E-state index contributed by atoms with van der Waals surface area (Å²) in [5, 5.41) is 12.5. The van der Waals surface area contributed by atoms with Gasteiger partial charge in [-0.2, -0.15) is 4.39 Å². The Balaban J connectivity index is 1.67. The maximum atomic E-state index is 15.2. The van der Waals surface area contributed by atoms with Crippen molar-refractivity contribution in [2.24, 2.45) is 0 Å². The van der Waals surface area contributed by atoms with Crippen molar-refractivity contribution in [2.45, 2.75) is 30.8 Å². The molecular weight excluding hydrogens is 468 g/mol. The number of hydrogen-bond donors (Lipinski definition) is 1. The highest BCUT2D eigenvalue weighted by Crippen LogP contribution is 2.44. The predicted octanol–water partition coefficient (Wildman–Crippen LogP) is 3.84. The molecule has 9 heteroatoms. The van der Waals surface area contributed by atoms with Crippen LogP contribution in [0.5, 0.6) is 11.5 Å². The predicted molar refractivity (Wildman–Crippen MR) is 127 cm³/mol. The molecule has 1 N–H and O–H groups in total. The molecule has 0 unspecified atom stereocenters. The molecule has 1 fully saturated rings. The van der Waals surface area contributed by atoms with Crippen LogP contribution in [-0.2, 0) is 0 Å². The van der Waals surface area contributed by atoms with Crippen LogP contribution in [0.4, 0.5) is 8.78 Å². The molecule has 3 aliphatic rings. The highest BCUT2D eigenvalue weighted by Gasteiger charge is 2.49. The van der Waals surface area contributed by atoms with E-state index < -0.39 is 40.3 Å². The standard InChI is InChI=1S/C27H23F2N3O4/c28-19-9-8-18-22(17-6-2-1-3-7-17)32-16-30(26(35)23-24(34)20(33)10-14-31(23)32)27(11-4-12-27)13-5-15-36-25(18)21(19)29/h1-3,5-10,13-14,22,34H,4,11-12,15-16H2/b13-5+/t22-/m0/s1. The van der Waals surface area contributed by atoms with E-state index in [1.165, 1.54) is 23.0 Å². The lowest BCUT2D eigenvalue weighted by Crippen LogP contribution is -2.64. The molecular formula is C27H23F2N3O4. The average Bonchev–Trinajstić information content (AvgIpc) is 2.88. The molecule has 2 bridgehead atoms. The molecule has 7 nitrogen and oxygen atoms in total. The summed E-state index contributed by atoms with van der Waals surface area (Å²) in [7, 11) is 0. The summed E-state index contributed by atoms with van der Waals surface area (Å²) in [5.74, 6) is -3.49. The van der Waals surface area contributed by atoms with Gasteiger partial charge < -0.3 is 14.7 Å². The number of fused-ring (bicyclic) bond motifs is 6. The first-order valence-corrected chi connectivity index (χ1v) is 11.8. The van der Waals surface area contributed by atoms with Crippen LogP contribution < -0.4 is 15.2 Å². The molecule has 1 amide bonds. The normalized spacial score (nSPS) is 21.1. The number of aromatic hydroxyl groups is 1. The Morgan fingerprint density at radius 3 is 2.53 bits per heavy atom. The third-order valence-electron chi connectivity index (χ3n) is 7.36. The summed E-state index contributed by atoms with van der Waals surface area (Å²) >= 11 is 0. The Bertz CT molecular complexity index is 1450. The molecule has 184 valence electrons. The molecule has 1 aliphatic carbocycles. The van der Waals surface area contributed by atoms with E-state index >= 15 is 4.39 Å². The minimum Gasteiger partial charge on any atom is -0.502 e. The van der Waals surface area contributed by atoms with Gasteiger partial charge in [0.25, 0.3) is 5.91 Å². The molecule has 6 rings (SSSR count). The van der Waals surface area contributed by atoms with Crippen LogP contribution >= 0.6 is 0 Å². The smallest absolute Gasteiger partial charge is 0.278 e. The van der Waals surface area contributed by atoms with Gasteiger partial charge in [-0.05, 0) is 43.0 Å². The topological polar surface area (TPSA) is 75.0 Å². The van der Waals surface area contributed by atoms with Crippen LogP contribution in [0.3, 0.4) is 0 Å². The quantitative estimate of drug-likeness (QED) is 0.524. The van der Waals surface area contributed by atoms with Gasteiger partial charge in [-0.1, -0.05) is 36.4 Å². The summed E-state index contributed by atoms with van der Waals surface area (Å²) in [6.45, 7) is 0.0607. The molecule has 0 radical (unpaired) electrons. The largest absolute Gasteiger partial charge is 0.502 e. The maximum absolute atomic E-state index is 15.2. The second kappa shape index (κ2) is 8.22. The molecule has 3 heterocycles. The fourth-order valence-corrected chi connectivity index (χ4v) is 5.41. The van der Waals surface area contributed by atoms with Crippen LogP contribution in [0.1, 0.15) is 46.9 Å². The maximum Gasteiger partial charge on any atom is 0.278 e. The molecule has 1 atom stereocenters. The number of halogens is 2. The van der Waals surface area contributed by atoms with Gasteiger partial charge >= 0.3 is 0 Å². The van der Waals surface area contributed by atoms with E-state index in [9.17, 15) is 19.1 Å². The minimum atomic E-state index is -1.10. The molecule has 36 heavy (non-hydrogen) atoms. The van der Waals surface area contributed by atoms with Crippen molar-refractivity contribution in [3.8, 4) is 11.5 Å². The van der Waals surface area contributed by atoms with Crippen LogP contribution in [-0.4, -0.2) is 39.4 Å². The van der Waals surface area contributed by atoms with Crippen molar-refractivity contribution in [1.82, 2.24) is 9.58 Å². The van der Waals surface area contributed by atoms with Crippen LogP contribution in [0, 0.1) is 11.6 Å². The Hall–Kier alpha value is -4.14. The van der Waals surface area contributed by atoms with Gasteiger partial charge in [0, 0.05) is 17.8 Å². The number of hydrogen-bond acceptors (Lipinski definition) is 5. The van der Waals surface area contributed by atoms with E-state index in [1.54, 1.807) is 16.0 Å². The van der Waals surface area contributed by atoms with Gasteiger partial charge in [0.1, 0.15) is 19.3 Å². The van der Waals surface area contributed by atoms with Gasteiger partial charge in [-0.25, -0.2) is 4.39 Å². The number of rotatable bonds is 1. The number of ether oxygens (including phenoxy) is 1. The van der Waals surface area contributed by atoms with Crippen molar-refractivity contribution in [2.75, 3.05) is 18.3 Å². The van der Waals surface area contributed by atoms with E-state index in [4.69, 9.17) is 4.74 Å². The lowest BCUT2D eigenvalue weighted by atomic mass is 9.74. The molecule has 1 spiro atoms. The molecule has 0 saturated heterocycles. The number of benzene rings is 2. The van der Waals surface area contributed by atoms with Gasteiger partial charge in [0.05, 0.1) is 5.54 Å². The third-order valence-corrected chi connectivity index (χ3v) is 7.36. The Labute approximate surface area is 205 Å². The molecule has 3 aromatic rings. The zero-order valence-corrected chi connectivity index (χ0v) is 19.2. The van der Waals surface area contributed by atoms with E-state index in [2.05, 4.69) is 0 Å². The highest BCUT2D eigenvalue weighted by atomic mass is 19.2. The van der Waals surface area contributed by atoms with Crippen LogP contribution in [0.25, 0.3) is 0 Å². The molecule has 1 saturated carbocycles. The van der Waals surface area contributed by atoms with Gasteiger partial charge in [0.15, 0.2) is 23.0 Å². The van der Waals surface area contributed by atoms with Gasteiger partial charge in [0.2, 0.25) is 11.2 Å². The van der Waals surface area contributed by atoms with Crippen LogP contribution in [0.2, 0.25) is 0 Å². The van der Waals surface area contributed by atoms with Crippen molar-refractivity contribution in [3.63, 3.8) is 0 Å². The SMILES string of the molecule is O=C1c2c(O)c(=O)ccn2N2CN1C1(/C=C/COc3c(ccc(F)c3F)[C@@H]2c2ccccc2)CCC1. The fraction of sp³-hybridized carbons (Fsp3) is 0.259. The van der Waals surface area contributed by atoms with Gasteiger partial charge in [-0.15, -0.1) is 0 Å². The zero-order valence-electron chi connectivity index (χ0n) is 19.2. The first-order chi connectivity index (χ1) is 17.4. The minimum absolute atomic E-state index is 0.0191. The van der Waals surface area contributed by atoms with E-state index in [0.717, 1.165) is 18.1 Å². The zero-order chi connectivity index (χ0) is 25.0. The van der Waals surface area contributed by atoms with Crippen LogP contribution in [0.15, 0.2) is 71.7 Å². The summed E-state index contributed by atoms with van der Waals surface area (Å²) in [6, 6.07) is 12.1.